The van der Waals surface area contributed by atoms with E-state index in [1.54, 1.807) is 25.0 Å². The maximum atomic E-state index is 15.3. The van der Waals surface area contributed by atoms with Crippen LogP contribution in [0.4, 0.5) is 33.7 Å². The monoisotopic (exact) mass is 861 g/mol. The third-order valence-electron chi connectivity index (χ3n) is 9.75. The molecule has 14 nitrogen and oxygen atoms in total. The Balaban J connectivity index is 1.10. The highest BCUT2D eigenvalue weighted by atomic mass is 19.4. The second-order valence-corrected chi connectivity index (χ2v) is 14.3. The van der Waals surface area contributed by atoms with Crippen LogP contribution in [0, 0.1) is 12.7 Å². The topological polar surface area (TPSA) is 150 Å². The highest BCUT2D eigenvalue weighted by molar-refractivity contribution is 6.00. The number of carbonyl (C=O) groups is 2. The number of nitrogens with one attached hydrogen (secondary N) is 2. The minimum absolute atomic E-state index is 0.130. The first-order chi connectivity index (χ1) is 29.8. The Morgan fingerprint density at radius 3 is 2.21 bits per heavy atom. The summed E-state index contributed by atoms with van der Waals surface area (Å²) < 4.78 is 86.2. The third-order valence-corrected chi connectivity index (χ3v) is 9.75. The minimum Gasteiger partial charge on any atom is -0.497 e. The van der Waals surface area contributed by atoms with Crippen LogP contribution >= 0.6 is 0 Å². The van der Waals surface area contributed by atoms with Gasteiger partial charge in [0.05, 0.1) is 49.2 Å². The molecule has 2 N–H and O–H groups in total. The quantitative estimate of drug-likeness (QED) is 0.0510. The summed E-state index contributed by atoms with van der Waals surface area (Å²) >= 11 is 0. The second-order valence-electron chi connectivity index (χ2n) is 14.3. The van der Waals surface area contributed by atoms with Gasteiger partial charge in [-0.1, -0.05) is 42.5 Å². The van der Waals surface area contributed by atoms with Crippen molar-refractivity contribution in [3.05, 3.63) is 119 Å². The van der Waals surface area contributed by atoms with Gasteiger partial charge in [0.2, 0.25) is 0 Å². The lowest BCUT2D eigenvalue weighted by Crippen LogP contribution is -2.47. The number of urea groups is 1. The molecule has 2 amide bonds. The summed E-state index contributed by atoms with van der Waals surface area (Å²) in [4.78, 5) is 41.2. The highest BCUT2D eigenvalue weighted by Gasteiger charge is 2.35. The Labute approximate surface area is 356 Å². The molecule has 1 fully saturated rings. The van der Waals surface area contributed by atoms with Gasteiger partial charge in [-0.3, -0.25) is 14.6 Å². The SMILES string of the molecule is COc1ccc(COc2ncc(-c3ncc(NC(=O)Nc4cc(C(F)(F)F)c(CN5CCN(CCOC(C)=O)CC5)cc4F)c(C)n3)cc2OCCOCc2ccccc2)cc1. The first kappa shape index (κ1) is 45.2. The number of aryl methyl sites for hydroxylation is 1. The van der Waals surface area contributed by atoms with Gasteiger partial charge in [-0.05, 0) is 53.9 Å². The van der Waals surface area contributed by atoms with Crippen molar-refractivity contribution in [3.63, 3.8) is 0 Å². The van der Waals surface area contributed by atoms with Gasteiger partial charge < -0.3 is 34.3 Å². The number of pyridine rings is 1. The van der Waals surface area contributed by atoms with E-state index in [0.29, 0.717) is 68.2 Å². The van der Waals surface area contributed by atoms with E-state index in [-0.39, 0.29) is 61.9 Å². The fourth-order valence-electron chi connectivity index (χ4n) is 6.45. The predicted molar refractivity (Wildman–Crippen MR) is 221 cm³/mol. The van der Waals surface area contributed by atoms with Crippen LogP contribution in [0.15, 0.2) is 85.2 Å². The number of halogens is 4. The number of hydrogen-bond acceptors (Lipinski definition) is 12. The normalized spacial score (nSPS) is 13.3. The molecule has 0 atom stereocenters. The smallest absolute Gasteiger partial charge is 0.416 e. The molecule has 18 heteroatoms. The fraction of sp³-hybridized carbons (Fsp3) is 0.341. The Kier molecular flexibility index (Phi) is 15.6. The van der Waals surface area contributed by atoms with E-state index in [9.17, 15) is 22.8 Å². The van der Waals surface area contributed by atoms with Gasteiger partial charge in [-0.2, -0.15) is 13.2 Å². The standard InChI is InChI=1S/C44H47F4N7O7/c1-29-39(53-43(57)52-38-23-36(44(46,47)48)34(21-37(38)45)26-55-15-13-54(14-16-55)17-18-60-30(2)56)25-49-41(51-29)33-22-40(61-20-19-59-27-31-7-5-4-6-8-31)42(50-24-33)62-28-32-9-11-35(58-3)12-10-32/h4-12,21-25H,13-20,26-28H2,1-3H3,(H2,52,53,57). The van der Waals surface area contributed by atoms with Gasteiger partial charge in [0.1, 0.15) is 31.4 Å². The van der Waals surface area contributed by atoms with E-state index in [1.165, 1.54) is 19.3 Å². The molecule has 2 aromatic heterocycles. The lowest BCUT2D eigenvalue weighted by molar-refractivity contribution is -0.141. The molecule has 1 aliphatic rings. The Hall–Kier alpha value is -6.37. The van der Waals surface area contributed by atoms with Crippen molar-refractivity contribution < 1.29 is 50.8 Å². The minimum atomic E-state index is -4.82. The van der Waals surface area contributed by atoms with Gasteiger partial charge in [0.25, 0.3) is 5.88 Å². The predicted octanol–water partition coefficient (Wildman–Crippen LogP) is 7.51. The van der Waals surface area contributed by atoms with Crippen molar-refractivity contribution in [2.24, 2.45) is 0 Å². The van der Waals surface area contributed by atoms with Crippen LogP contribution in [0.3, 0.4) is 0 Å². The number of rotatable bonds is 18. The molecule has 328 valence electrons. The van der Waals surface area contributed by atoms with Crippen LogP contribution < -0.4 is 24.8 Å². The van der Waals surface area contributed by atoms with E-state index in [4.69, 9.17) is 23.7 Å². The maximum absolute atomic E-state index is 15.3. The number of esters is 1. The summed E-state index contributed by atoms with van der Waals surface area (Å²) in [5.41, 5.74) is 0.817. The van der Waals surface area contributed by atoms with E-state index < -0.39 is 29.3 Å². The molecule has 5 aromatic rings. The van der Waals surface area contributed by atoms with Crippen LogP contribution in [-0.2, 0) is 40.2 Å². The van der Waals surface area contributed by atoms with Crippen molar-refractivity contribution in [1.82, 2.24) is 24.8 Å². The molecule has 0 spiro atoms. The molecule has 0 bridgehead atoms. The van der Waals surface area contributed by atoms with Gasteiger partial charge in [-0.25, -0.2) is 24.1 Å². The molecule has 3 aromatic carbocycles. The van der Waals surface area contributed by atoms with Crippen molar-refractivity contribution in [2.75, 3.05) is 70.3 Å². The van der Waals surface area contributed by atoms with E-state index in [2.05, 4.69) is 25.6 Å². The van der Waals surface area contributed by atoms with Crippen LogP contribution in [0.25, 0.3) is 11.4 Å². The molecule has 3 heterocycles. The first-order valence-corrected chi connectivity index (χ1v) is 19.7. The van der Waals surface area contributed by atoms with Crippen LogP contribution in [0.1, 0.15) is 34.9 Å². The average molecular weight is 862 g/mol. The molecule has 1 aliphatic heterocycles. The zero-order valence-corrected chi connectivity index (χ0v) is 34.5. The molecule has 0 radical (unpaired) electrons. The number of anilines is 2. The van der Waals surface area contributed by atoms with Crippen LogP contribution in [0.5, 0.6) is 17.4 Å². The molecule has 62 heavy (non-hydrogen) atoms. The summed E-state index contributed by atoms with van der Waals surface area (Å²) in [6, 6.07) is 19.2. The molecular formula is C44H47F4N7O7. The van der Waals surface area contributed by atoms with Crippen LogP contribution in [0.2, 0.25) is 0 Å². The lowest BCUT2D eigenvalue weighted by atomic mass is 10.0. The summed E-state index contributed by atoms with van der Waals surface area (Å²) in [5, 5.41) is 4.69. The maximum Gasteiger partial charge on any atom is 0.416 e. The molecule has 0 unspecified atom stereocenters. The second kappa shape index (κ2) is 21.4. The Bertz CT molecular complexity index is 2280. The molecule has 0 saturated carbocycles. The number of piperazine rings is 1. The van der Waals surface area contributed by atoms with E-state index in [0.717, 1.165) is 17.2 Å². The zero-order valence-electron chi connectivity index (χ0n) is 34.5. The number of alkyl halides is 3. The van der Waals surface area contributed by atoms with Crippen molar-refractivity contribution in [2.45, 2.75) is 39.8 Å². The van der Waals surface area contributed by atoms with E-state index in [1.807, 2.05) is 59.5 Å². The van der Waals surface area contributed by atoms with Crippen LogP contribution in [-0.4, -0.2) is 96.4 Å². The number of carbonyl (C=O) groups excluding carboxylic acids is 2. The van der Waals surface area contributed by atoms with Crippen molar-refractivity contribution in [3.8, 4) is 28.8 Å². The summed E-state index contributed by atoms with van der Waals surface area (Å²) in [6.45, 7) is 6.51. The van der Waals surface area contributed by atoms with Gasteiger partial charge in [0, 0.05) is 58.0 Å². The summed E-state index contributed by atoms with van der Waals surface area (Å²) in [6.07, 6.45) is -1.99. The highest BCUT2D eigenvalue weighted by Crippen LogP contribution is 2.36. The number of nitrogens with zero attached hydrogens (tertiary/aromatic N) is 5. The van der Waals surface area contributed by atoms with Crippen molar-refractivity contribution >= 4 is 23.4 Å². The number of benzene rings is 3. The fourth-order valence-corrected chi connectivity index (χ4v) is 6.45. The molecule has 1 saturated heterocycles. The lowest BCUT2D eigenvalue weighted by Gasteiger charge is -2.35. The Morgan fingerprint density at radius 2 is 1.52 bits per heavy atom. The largest absolute Gasteiger partial charge is 0.497 e. The van der Waals surface area contributed by atoms with Gasteiger partial charge in [0.15, 0.2) is 11.6 Å². The van der Waals surface area contributed by atoms with Crippen molar-refractivity contribution in [1.29, 1.82) is 0 Å². The summed E-state index contributed by atoms with van der Waals surface area (Å²) in [7, 11) is 1.59. The Morgan fingerprint density at radius 1 is 0.806 bits per heavy atom. The molecular weight excluding hydrogens is 815 g/mol. The summed E-state index contributed by atoms with van der Waals surface area (Å²) in [5.74, 6) is 0.0521. The zero-order chi connectivity index (χ0) is 44.1. The van der Waals surface area contributed by atoms with Gasteiger partial charge in [-0.15, -0.1) is 0 Å². The number of amides is 2. The van der Waals surface area contributed by atoms with E-state index >= 15 is 4.39 Å². The van der Waals surface area contributed by atoms with Gasteiger partial charge >= 0.3 is 18.2 Å². The molecule has 0 aliphatic carbocycles. The number of aromatic nitrogens is 3. The average Bonchev–Trinajstić information content (AvgIpc) is 3.25. The molecule has 6 rings (SSSR count). The third kappa shape index (κ3) is 13.1. The number of methoxy groups -OCH3 is 1. The number of hydrogen-bond donors (Lipinski definition) is 2. The first-order valence-electron chi connectivity index (χ1n) is 19.7. The number of ether oxygens (including phenoxy) is 5.